The van der Waals surface area contributed by atoms with Gasteiger partial charge in [0.25, 0.3) is 5.56 Å². The predicted molar refractivity (Wildman–Crippen MR) is 90.1 cm³/mol. The maximum absolute atomic E-state index is 13.9. The fraction of sp³-hybridized carbons (Fsp3) is 0.438. The molecule has 0 spiro atoms. The molecule has 1 atom stereocenters. The van der Waals surface area contributed by atoms with Crippen LogP contribution >= 0.6 is 0 Å². The van der Waals surface area contributed by atoms with Crippen LogP contribution in [0.25, 0.3) is 0 Å². The molecule has 3 rings (SSSR count). The van der Waals surface area contributed by atoms with E-state index in [1.165, 1.54) is 23.7 Å². The van der Waals surface area contributed by atoms with Crippen molar-refractivity contribution in [2.24, 2.45) is 14.1 Å². The first-order chi connectivity index (χ1) is 11.4. The normalized spacial score (nSPS) is 17.3. The maximum Gasteiger partial charge on any atom is 0.332 e. The Hall–Kier alpha value is -2.64. The van der Waals surface area contributed by atoms with E-state index >= 15 is 0 Å². The number of aryl methyl sites for hydroxylation is 1. The van der Waals surface area contributed by atoms with E-state index in [1.54, 1.807) is 20.2 Å². The number of hydrogen-bond donors (Lipinski definition) is 1. The number of nitrogens with zero attached hydrogens (tertiary/aromatic N) is 4. The smallest absolute Gasteiger partial charge is 0.332 e. The molecule has 2 aromatic rings. The molecule has 1 saturated heterocycles. The van der Waals surface area contributed by atoms with Crippen LogP contribution in [-0.2, 0) is 14.1 Å². The van der Waals surface area contributed by atoms with Gasteiger partial charge in [0.05, 0.1) is 0 Å². The molecule has 7 nitrogen and oxygen atoms in total. The summed E-state index contributed by atoms with van der Waals surface area (Å²) in [6.45, 7) is 3.02. The second kappa shape index (κ2) is 6.10. The van der Waals surface area contributed by atoms with Crippen molar-refractivity contribution in [1.29, 1.82) is 0 Å². The lowest BCUT2D eigenvalue weighted by atomic mass is 10.2. The van der Waals surface area contributed by atoms with E-state index in [-0.39, 0.29) is 28.9 Å². The zero-order chi connectivity index (χ0) is 17.4. The molecule has 0 amide bonds. The van der Waals surface area contributed by atoms with E-state index in [9.17, 15) is 14.0 Å². The lowest BCUT2D eigenvalue weighted by Gasteiger charge is -2.21. The van der Waals surface area contributed by atoms with Crippen molar-refractivity contribution in [3.8, 4) is 0 Å². The number of halogens is 1. The number of nitrogens with one attached hydrogen (secondary N) is 1. The number of hydrogen-bond acceptors (Lipinski definition) is 5. The Morgan fingerprint density at radius 2 is 2.00 bits per heavy atom. The second-order valence-electron chi connectivity index (χ2n) is 6.16. The van der Waals surface area contributed by atoms with Gasteiger partial charge < -0.3 is 10.2 Å². The first-order valence-corrected chi connectivity index (χ1v) is 7.77. The Morgan fingerprint density at radius 3 is 2.71 bits per heavy atom. The topological polar surface area (TPSA) is 72.2 Å². The van der Waals surface area contributed by atoms with Crippen LogP contribution in [0.1, 0.15) is 12.0 Å². The van der Waals surface area contributed by atoms with Gasteiger partial charge in [-0.1, -0.05) is 0 Å². The highest BCUT2D eigenvalue weighted by Gasteiger charge is 2.26. The zero-order valence-electron chi connectivity index (χ0n) is 13.9. The van der Waals surface area contributed by atoms with Gasteiger partial charge in [-0.05, 0) is 25.0 Å². The molecule has 1 N–H and O–H groups in total. The summed E-state index contributed by atoms with van der Waals surface area (Å²) in [7, 11) is 3.09. The van der Waals surface area contributed by atoms with Gasteiger partial charge >= 0.3 is 5.69 Å². The van der Waals surface area contributed by atoms with Crippen LogP contribution in [0.5, 0.6) is 0 Å². The SMILES string of the molecule is Cc1cnc(N[C@@H]2CCN(c3cc(=O)n(C)c(=O)n3C)C2)c(F)c1. The molecule has 0 radical (unpaired) electrons. The quantitative estimate of drug-likeness (QED) is 0.891. The van der Waals surface area contributed by atoms with Crippen molar-refractivity contribution in [2.45, 2.75) is 19.4 Å². The van der Waals surface area contributed by atoms with Gasteiger partial charge in [-0.15, -0.1) is 0 Å². The summed E-state index contributed by atoms with van der Waals surface area (Å²) in [5, 5.41) is 3.10. The van der Waals surface area contributed by atoms with Crippen LogP contribution in [0.15, 0.2) is 27.9 Å². The average Bonchev–Trinajstić information content (AvgIpc) is 3.00. The molecule has 3 heterocycles. The van der Waals surface area contributed by atoms with Crippen LogP contribution in [-0.4, -0.2) is 33.2 Å². The van der Waals surface area contributed by atoms with E-state index in [1.807, 2.05) is 4.90 Å². The van der Waals surface area contributed by atoms with Gasteiger partial charge in [-0.2, -0.15) is 0 Å². The van der Waals surface area contributed by atoms with Crippen LogP contribution in [0.2, 0.25) is 0 Å². The molecule has 0 aliphatic carbocycles. The lowest BCUT2D eigenvalue weighted by Crippen LogP contribution is -2.40. The Bertz CT molecular complexity index is 889. The zero-order valence-corrected chi connectivity index (χ0v) is 13.9. The molecule has 1 aliphatic rings. The summed E-state index contributed by atoms with van der Waals surface area (Å²) >= 11 is 0. The van der Waals surface area contributed by atoms with E-state index in [0.717, 1.165) is 16.6 Å². The summed E-state index contributed by atoms with van der Waals surface area (Å²) in [5.41, 5.74) is 0.0668. The van der Waals surface area contributed by atoms with Crippen molar-refractivity contribution in [3.63, 3.8) is 0 Å². The van der Waals surface area contributed by atoms with Crippen molar-refractivity contribution in [1.82, 2.24) is 14.1 Å². The Kier molecular flexibility index (Phi) is 4.13. The van der Waals surface area contributed by atoms with Crippen LogP contribution in [0.4, 0.5) is 16.0 Å². The molecular formula is C16H20FN5O2. The molecule has 2 aromatic heterocycles. The van der Waals surface area contributed by atoms with Crippen LogP contribution in [0, 0.1) is 12.7 Å². The molecule has 0 bridgehead atoms. The highest BCUT2D eigenvalue weighted by Crippen LogP contribution is 2.21. The first-order valence-electron chi connectivity index (χ1n) is 7.77. The monoisotopic (exact) mass is 333 g/mol. The Morgan fingerprint density at radius 1 is 1.25 bits per heavy atom. The fourth-order valence-corrected chi connectivity index (χ4v) is 2.94. The predicted octanol–water partition coefficient (Wildman–Crippen LogP) is 0.617. The van der Waals surface area contributed by atoms with Gasteiger partial charge in [0.1, 0.15) is 5.82 Å². The summed E-state index contributed by atoms with van der Waals surface area (Å²) in [6.07, 6.45) is 2.38. The van der Waals surface area contributed by atoms with Gasteiger partial charge in [0, 0.05) is 45.5 Å². The molecule has 0 saturated carbocycles. The number of anilines is 2. The van der Waals surface area contributed by atoms with E-state index in [2.05, 4.69) is 10.3 Å². The third-order valence-electron chi connectivity index (χ3n) is 4.33. The van der Waals surface area contributed by atoms with Gasteiger partial charge in [-0.25, -0.2) is 14.2 Å². The Labute approximate surface area is 138 Å². The van der Waals surface area contributed by atoms with E-state index in [0.29, 0.717) is 18.9 Å². The molecule has 128 valence electrons. The number of rotatable bonds is 3. The van der Waals surface area contributed by atoms with Crippen molar-refractivity contribution in [2.75, 3.05) is 23.3 Å². The van der Waals surface area contributed by atoms with Crippen LogP contribution in [0.3, 0.4) is 0 Å². The molecule has 0 unspecified atom stereocenters. The minimum absolute atomic E-state index is 0.00568. The van der Waals surface area contributed by atoms with Crippen molar-refractivity contribution < 1.29 is 4.39 Å². The summed E-state index contributed by atoms with van der Waals surface area (Å²) in [6, 6.07) is 2.88. The Balaban J connectivity index is 1.79. The summed E-state index contributed by atoms with van der Waals surface area (Å²) in [4.78, 5) is 29.9. The highest BCUT2D eigenvalue weighted by atomic mass is 19.1. The maximum atomic E-state index is 13.9. The van der Waals surface area contributed by atoms with Gasteiger partial charge in [-0.3, -0.25) is 13.9 Å². The average molecular weight is 333 g/mol. The molecular weight excluding hydrogens is 313 g/mol. The van der Waals surface area contributed by atoms with Crippen molar-refractivity contribution in [3.05, 3.63) is 50.5 Å². The fourth-order valence-electron chi connectivity index (χ4n) is 2.94. The third kappa shape index (κ3) is 2.91. The third-order valence-corrected chi connectivity index (χ3v) is 4.33. The largest absolute Gasteiger partial charge is 0.363 e. The molecule has 8 heteroatoms. The van der Waals surface area contributed by atoms with Crippen molar-refractivity contribution >= 4 is 11.6 Å². The lowest BCUT2D eigenvalue weighted by molar-refractivity contribution is 0.618. The van der Waals surface area contributed by atoms with Gasteiger partial charge in [0.2, 0.25) is 0 Å². The highest BCUT2D eigenvalue weighted by molar-refractivity contribution is 5.44. The minimum Gasteiger partial charge on any atom is -0.363 e. The minimum atomic E-state index is -0.380. The molecule has 1 aliphatic heterocycles. The van der Waals surface area contributed by atoms with E-state index in [4.69, 9.17) is 0 Å². The molecule has 0 aromatic carbocycles. The van der Waals surface area contributed by atoms with Gasteiger partial charge in [0.15, 0.2) is 11.6 Å². The molecule has 1 fully saturated rings. The summed E-state index contributed by atoms with van der Waals surface area (Å²) in [5.74, 6) is 0.421. The van der Waals surface area contributed by atoms with Crippen LogP contribution < -0.4 is 21.5 Å². The molecule has 24 heavy (non-hydrogen) atoms. The first kappa shape index (κ1) is 16.2. The number of pyridine rings is 1. The standard InChI is InChI=1S/C16H20FN5O2/c1-10-6-12(17)15(18-8-10)19-11-4-5-22(9-11)13-7-14(23)21(3)16(24)20(13)2/h6-8,11H,4-5,9H2,1-3H3,(H,18,19)/t11-/m1/s1. The number of aromatic nitrogens is 3. The summed E-state index contributed by atoms with van der Waals surface area (Å²) < 4.78 is 16.4. The second-order valence-corrected chi connectivity index (χ2v) is 6.16. The van der Waals surface area contributed by atoms with E-state index < -0.39 is 0 Å².